The molecule has 0 radical (unpaired) electrons. The Kier molecular flexibility index (Phi) is 7.97. The van der Waals surface area contributed by atoms with Crippen molar-refractivity contribution in [3.8, 4) is 0 Å². The van der Waals surface area contributed by atoms with Crippen LogP contribution in [0.4, 0.5) is 0 Å². The van der Waals surface area contributed by atoms with Crippen LogP contribution in [-0.4, -0.2) is 41.0 Å². The molecule has 0 bridgehead atoms. The highest BCUT2D eigenvalue weighted by atomic mass is 32.1. The van der Waals surface area contributed by atoms with E-state index in [1.54, 1.807) is 4.90 Å². The number of carbonyl (C=O) groups excluding carboxylic acids is 2. The number of hydrogen-bond donors (Lipinski definition) is 3. The number of aliphatic hydroxyl groups excluding tert-OH is 1. The van der Waals surface area contributed by atoms with Crippen molar-refractivity contribution in [3.05, 3.63) is 58.3 Å². The van der Waals surface area contributed by atoms with Crippen LogP contribution in [0.25, 0.3) is 0 Å². The van der Waals surface area contributed by atoms with Crippen molar-refractivity contribution < 1.29 is 14.7 Å². The molecule has 2 rings (SSSR count). The van der Waals surface area contributed by atoms with Crippen LogP contribution in [0.1, 0.15) is 31.1 Å². The van der Waals surface area contributed by atoms with E-state index in [1.807, 2.05) is 61.0 Å². The minimum atomic E-state index is -0.780. The number of benzene rings is 1. The minimum Gasteiger partial charge on any atom is -0.387 e. The molecule has 1 aromatic carbocycles. The molecule has 1 heterocycles. The molecule has 0 saturated carbocycles. The third-order valence-corrected chi connectivity index (χ3v) is 5.03. The number of amides is 2. The Labute approximate surface area is 164 Å². The highest BCUT2D eigenvalue weighted by Crippen LogP contribution is 2.18. The first kappa shape index (κ1) is 21.1. The summed E-state index contributed by atoms with van der Waals surface area (Å²) in [6.45, 7) is 4.06. The number of nitrogens with two attached hydrogens (primary N) is 1. The molecule has 0 aliphatic heterocycles. The van der Waals surface area contributed by atoms with Crippen molar-refractivity contribution in [3.63, 3.8) is 0 Å². The Bertz CT molecular complexity index is 719. The highest BCUT2D eigenvalue weighted by molar-refractivity contribution is 7.07. The zero-order valence-corrected chi connectivity index (χ0v) is 16.5. The summed E-state index contributed by atoms with van der Waals surface area (Å²) in [4.78, 5) is 26.3. The largest absolute Gasteiger partial charge is 0.387 e. The smallest absolute Gasteiger partial charge is 0.242 e. The van der Waals surface area contributed by atoms with E-state index in [2.05, 4.69) is 5.32 Å². The summed E-state index contributed by atoms with van der Waals surface area (Å²) in [7, 11) is 0. The molecular weight excluding hydrogens is 362 g/mol. The molecule has 146 valence electrons. The monoisotopic (exact) mass is 389 g/mol. The Hall–Kier alpha value is -2.22. The minimum absolute atomic E-state index is 0.0130. The fourth-order valence-electron chi connectivity index (χ4n) is 2.53. The van der Waals surface area contributed by atoms with E-state index in [0.29, 0.717) is 6.54 Å². The van der Waals surface area contributed by atoms with Crippen molar-refractivity contribution in [2.45, 2.75) is 32.5 Å². The summed E-state index contributed by atoms with van der Waals surface area (Å²) in [5.74, 6) is -0.630. The van der Waals surface area contributed by atoms with E-state index in [4.69, 9.17) is 5.73 Å². The summed E-state index contributed by atoms with van der Waals surface area (Å²) < 4.78 is 0. The number of thiophene rings is 1. The number of aliphatic hydroxyl groups is 1. The molecule has 0 saturated heterocycles. The summed E-state index contributed by atoms with van der Waals surface area (Å²) in [5.41, 5.74) is 7.54. The maximum atomic E-state index is 12.7. The number of carbonyl (C=O) groups is 2. The van der Waals surface area contributed by atoms with Gasteiger partial charge >= 0.3 is 0 Å². The maximum Gasteiger partial charge on any atom is 0.242 e. The van der Waals surface area contributed by atoms with Gasteiger partial charge in [0.25, 0.3) is 0 Å². The molecule has 1 unspecified atom stereocenters. The van der Waals surface area contributed by atoms with Gasteiger partial charge in [-0.3, -0.25) is 9.59 Å². The molecule has 7 heteroatoms. The van der Waals surface area contributed by atoms with Crippen molar-refractivity contribution in [1.82, 2.24) is 10.2 Å². The van der Waals surface area contributed by atoms with Crippen LogP contribution in [0.5, 0.6) is 0 Å². The molecule has 2 amide bonds. The summed E-state index contributed by atoms with van der Waals surface area (Å²) >= 11 is 1.49. The van der Waals surface area contributed by atoms with Crippen molar-refractivity contribution in [2.24, 2.45) is 11.7 Å². The van der Waals surface area contributed by atoms with Crippen LogP contribution in [-0.2, 0) is 16.1 Å². The van der Waals surface area contributed by atoms with Gasteiger partial charge in [0.15, 0.2) is 0 Å². The van der Waals surface area contributed by atoms with Gasteiger partial charge in [0.1, 0.15) is 0 Å². The highest BCUT2D eigenvalue weighted by Gasteiger charge is 2.22. The molecule has 4 N–H and O–H groups in total. The number of hydrogen-bond acceptors (Lipinski definition) is 5. The van der Waals surface area contributed by atoms with E-state index >= 15 is 0 Å². The quantitative estimate of drug-likeness (QED) is 0.610. The molecule has 2 aromatic rings. The molecule has 0 fully saturated rings. The van der Waals surface area contributed by atoms with Crippen LogP contribution in [0, 0.1) is 5.92 Å². The molecule has 0 spiro atoms. The number of nitrogens with zero attached hydrogens (tertiary/aromatic N) is 1. The van der Waals surface area contributed by atoms with Gasteiger partial charge in [-0.05, 0) is 33.9 Å². The summed E-state index contributed by atoms with van der Waals surface area (Å²) in [6.07, 6.45) is -0.780. The number of rotatable bonds is 9. The van der Waals surface area contributed by atoms with E-state index in [1.165, 1.54) is 11.3 Å². The van der Waals surface area contributed by atoms with E-state index in [9.17, 15) is 14.7 Å². The average molecular weight is 390 g/mol. The van der Waals surface area contributed by atoms with Crippen molar-refractivity contribution in [1.29, 1.82) is 0 Å². The predicted molar refractivity (Wildman–Crippen MR) is 107 cm³/mol. The van der Waals surface area contributed by atoms with Crippen LogP contribution < -0.4 is 11.1 Å². The predicted octanol–water partition coefficient (Wildman–Crippen LogP) is 1.91. The molecule has 6 nitrogen and oxygen atoms in total. The van der Waals surface area contributed by atoms with Gasteiger partial charge in [-0.1, -0.05) is 44.2 Å². The standard InChI is InChI=1S/C20H27N3O3S/c1-14(2)19(21)20(26)22-10-18(25)23(11-15-6-4-3-5-7-15)12-17(24)16-8-9-27-13-16/h3-9,13-14,17,19,24H,10-12,21H2,1-2H3,(H,22,26)/t17?,19-/m0/s1. The van der Waals surface area contributed by atoms with Gasteiger partial charge in [-0.25, -0.2) is 0 Å². The molecular formula is C20H27N3O3S. The van der Waals surface area contributed by atoms with E-state index in [-0.39, 0.29) is 30.8 Å². The average Bonchev–Trinajstić information content (AvgIpc) is 3.20. The maximum absolute atomic E-state index is 12.7. The first-order chi connectivity index (χ1) is 12.9. The fourth-order valence-corrected chi connectivity index (χ4v) is 3.24. The van der Waals surface area contributed by atoms with Crippen LogP contribution >= 0.6 is 11.3 Å². The lowest BCUT2D eigenvalue weighted by Crippen LogP contribution is -2.48. The Morgan fingerprint density at radius 2 is 1.93 bits per heavy atom. The number of nitrogens with one attached hydrogen (secondary N) is 1. The first-order valence-electron chi connectivity index (χ1n) is 8.93. The SMILES string of the molecule is CC(C)[C@H](N)C(=O)NCC(=O)N(Cc1ccccc1)CC(O)c1ccsc1. The third-order valence-electron chi connectivity index (χ3n) is 4.33. The van der Waals surface area contributed by atoms with E-state index < -0.39 is 12.1 Å². The topological polar surface area (TPSA) is 95.7 Å². The Morgan fingerprint density at radius 3 is 2.52 bits per heavy atom. The van der Waals surface area contributed by atoms with E-state index in [0.717, 1.165) is 11.1 Å². The van der Waals surface area contributed by atoms with Gasteiger partial charge < -0.3 is 21.1 Å². The lowest BCUT2D eigenvalue weighted by Gasteiger charge is -2.26. The molecule has 1 aromatic heterocycles. The van der Waals surface area contributed by atoms with Crippen LogP contribution in [0.15, 0.2) is 47.2 Å². The molecule has 0 aliphatic carbocycles. The first-order valence-corrected chi connectivity index (χ1v) is 9.88. The van der Waals surface area contributed by atoms with Gasteiger partial charge in [0, 0.05) is 6.54 Å². The second kappa shape index (κ2) is 10.2. The van der Waals surface area contributed by atoms with Gasteiger partial charge in [0.05, 0.1) is 25.2 Å². The lowest BCUT2D eigenvalue weighted by molar-refractivity contribution is -0.135. The Balaban J connectivity index is 2.03. The van der Waals surface area contributed by atoms with Crippen molar-refractivity contribution in [2.75, 3.05) is 13.1 Å². The summed E-state index contributed by atoms with van der Waals surface area (Å²) in [5, 5.41) is 16.8. The molecule has 2 atom stereocenters. The zero-order chi connectivity index (χ0) is 19.8. The third kappa shape index (κ3) is 6.46. The van der Waals surface area contributed by atoms with Gasteiger partial charge in [-0.15, -0.1) is 0 Å². The Morgan fingerprint density at radius 1 is 1.22 bits per heavy atom. The zero-order valence-electron chi connectivity index (χ0n) is 15.7. The van der Waals surface area contributed by atoms with Crippen LogP contribution in [0.3, 0.4) is 0 Å². The molecule has 0 aliphatic rings. The second-order valence-corrected chi connectivity index (χ2v) is 7.60. The van der Waals surface area contributed by atoms with Crippen LogP contribution in [0.2, 0.25) is 0 Å². The van der Waals surface area contributed by atoms with Gasteiger partial charge in [0.2, 0.25) is 11.8 Å². The van der Waals surface area contributed by atoms with Crippen molar-refractivity contribution >= 4 is 23.2 Å². The van der Waals surface area contributed by atoms with Gasteiger partial charge in [-0.2, -0.15) is 11.3 Å². The summed E-state index contributed by atoms with van der Waals surface area (Å²) in [6, 6.07) is 10.7. The lowest BCUT2D eigenvalue weighted by atomic mass is 10.1. The normalized spacial score (nSPS) is 13.2. The molecule has 27 heavy (non-hydrogen) atoms. The second-order valence-electron chi connectivity index (χ2n) is 6.82. The fraction of sp³-hybridized carbons (Fsp3) is 0.400.